The predicted octanol–water partition coefficient (Wildman–Crippen LogP) is 6.69. The first-order chi connectivity index (χ1) is 11.2. The van der Waals surface area contributed by atoms with E-state index in [4.69, 9.17) is 0 Å². The maximum atomic E-state index is 2.57. The Balaban J connectivity index is 1.56. The van der Waals surface area contributed by atoms with Gasteiger partial charge in [-0.1, -0.05) is 46.0 Å². The lowest BCUT2D eigenvalue weighted by Gasteiger charge is -2.49. The molecule has 0 saturated heterocycles. The second kappa shape index (κ2) is 5.50. The molecule has 5 saturated carbocycles. The van der Waals surface area contributed by atoms with Gasteiger partial charge in [0.25, 0.3) is 0 Å². The first-order valence-electron chi connectivity index (χ1n) is 11.2. The van der Waals surface area contributed by atoms with Crippen molar-refractivity contribution in [2.45, 2.75) is 90.9 Å². The van der Waals surface area contributed by atoms with E-state index in [1.807, 2.05) is 0 Å². The third kappa shape index (κ3) is 2.08. The Morgan fingerprint density at radius 3 is 1.87 bits per heavy atom. The van der Waals surface area contributed by atoms with Gasteiger partial charge in [0.05, 0.1) is 0 Å². The summed E-state index contributed by atoms with van der Waals surface area (Å²) >= 11 is 0. The highest BCUT2D eigenvalue weighted by atomic mass is 14.7. The number of hydrogen-bond donors (Lipinski definition) is 0. The molecule has 0 aromatic rings. The highest BCUT2D eigenvalue weighted by Crippen LogP contribution is 2.73. The molecule has 0 radical (unpaired) electrons. The molecule has 0 N–H and O–H groups in total. The minimum absolute atomic E-state index is 0.823. The molecule has 1 spiro atoms. The maximum absolute atomic E-state index is 2.57. The van der Waals surface area contributed by atoms with E-state index in [0.717, 1.165) is 52.8 Å². The van der Waals surface area contributed by atoms with Crippen molar-refractivity contribution in [1.82, 2.24) is 0 Å². The van der Waals surface area contributed by atoms with E-state index in [1.165, 1.54) is 0 Å². The fraction of sp³-hybridized carbons (Fsp3) is 1.00. The average molecular weight is 315 g/mol. The summed E-state index contributed by atoms with van der Waals surface area (Å²) in [6, 6.07) is 0. The Labute approximate surface area is 144 Å². The maximum Gasteiger partial charge on any atom is -0.0204 e. The van der Waals surface area contributed by atoms with Crippen molar-refractivity contribution in [1.29, 1.82) is 0 Å². The summed E-state index contributed by atoms with van der Waals surface area (Å²) in [6.07, 6.45) is 19.1. The van der Waals surface area contributed by atoms with Gasteiger partial charge >= 0.3 is 0 Å². The molecular weight excluding hydrogens is 276 g/mol. The smallest absolute Gasteiger partial charge is 0.0204 e. The van der Waals surface area contributed by atoms with Crippen LogP contribution in [-0.4, -0.2) is 0 Å². The molecule has 0 bridgehead atoms. The first kappa shape index (κ1) is 15.3. The van der Waals surface area contributed by atoms with Gasteiger partial charge in [0, 0.05) is 0 Å². The van der Waals surface area contributed by atoms with Crippen LogP contribution in [0.5, 0.6) is 0 Å². The summed E-state index contributed by atoms with van der Waals surface area (Å²) in [6.45, 7) is 5.14. The molecule has 130 valence electrons. The number of fused-ring (bicyclic) bond motifs is 7. The molecule has 8 unspecified atom stereocenters. The molecule has 23 heavy (non-hydrogen) atoms. The quantitative estimate of drug-likeness (QED) is 0.467. The highest BCUT2D eigenvalue weighted by Gasteiger charge is 2.66. The van der Waals surface area contributed by atoms with E-state index in [0.29, 0.717) is 0 Å². The van der Waals surface area contributed by atoms with Gasteiger partial charge in [0.15, 0.2) is 0 Å². The minimum atomic E-state index is 0.823. The van der Waals surface area contributed by atoms with Gasteiger partial charge in [0.1, 0.15) is 0 Å². The van der Waals surface area contributed by atoms with Crippen molar-refractivity contribution in [3.05, 3.63) is 0 Å². The summed E-state index contributed by atoms with van der Waals surface area (Å²) < 4.78 is 0. The fourth-order valence-electron chi connectivity index (χ4n) is 9.15. The largest absolute Gasteiger partial charge is 0.0625 e. The molecule has 8 atom stereocenters. The molecule has 0 heterocycles. The molecule has 5 rings (SSSR count). The monoisotopic (exact) mass is 314 g/mol. The summed E-state index contributed by atoms with van der Waals surface area (Å²) in [4.78, 5) is 0. The lowest BCUT2D eigenvalue weighted by molar-refractivity contribution is -0.00490. The van der Waals surface area contributed by atoms with Gasteiger partial charge in [-0.05, 0) is 97.7 Å². The predicted molar refractivity (Wildman–Crippen MR) is 97.1 cm³/mol. The van der Waals surface area contributed by atoms with Crippen molar-refractivity contribution < 1.29 is 0 Å². The van der Waals surface area contributed by atoms with Crippen LogP contribution in [0.4, 0.5) is 0 Å². The van der Waals surface area contributed by atoms with Crippen molar-refractivity contribution in [3.63, 3.8) is 0 Å². The summed E-state index contributed by atoms with van der Waals surface area (Å²) in [5, 5.41) is 0. The third-order valence-corrected chi connectivity index (χ3v) is 9.81. The van der Waals surface area contributed by atoms with Crippen LogP contribution < -0.4 is 0 Å². The van der Waals surface area contributed by atoms with E-state index in [9.17, 15) is 0 Å². The van der Waals surface area contributed by atoms with Gasteiger partial charge in [0.2, 0.25) is 0 Å². The van der Waals surface area contributed by atoms with Crippen LogP contribution in [-0.2, 0) is 0 Å². The van der Waals surface area contributed by atoms with Crippen LogP contribution in [0.15, 0.2) is 0 Å². The summed E-state index contributed by atoms with van der Waals surface area (Å²) in [7, 11) is 0. The minimum Gasteiger partial charge on any atom is -0.0625 e. The van der Waals surface area contributed by atoms with E-state index >= 15 is 0 Å². The van der Waals surface area contributed by atoms with Crippen LogP contribution in [0.3, 0.4) is 0 Å². The molecule has 5 aliphatic carbocycles. The SMILES string of the molecule is CC1CCC2C3CCC(C)CC3C3(CCC4CCCCC43)C2C1. The van der Waals surface area contributed by atoms with Gasteiger partial charge in [-0.2, -0.15) is 0 Å². The third-order valence-electron chi connectivity index (χ3n) is 9.81. The lowest BCUT2D eigenvalue weighted by atomic mass is 9.56. The van der Waals surface area contributed by atoms with E-state index in [2.05, 4.69) is 13.8 Å². The zero-order chi connectivity index (χ0) is 15.6. The van der Waals surface area contributed by atoms with Crippen LogP contribution in [0.25, 0.3) is 0 Å². The van der Waals surface area contributed by atoms with Crippen molar-refractivity contribution in [2.24, 2.45) is 52.8 Å². The van der Waals surface area contributed by atoms with Gasteiger partial charge < -0.3 is 0 Å². The Morgan fingerprint density at radius 2 is 1.22 bits per heavy atom. The molecule has 0 amide bonds. The summed E-state index contributed by atoms with van der Waals surface area (Å²) in [5.41, 5.74) is 0.823. The van der Waals surface area contributed by atoms with Crippen molar-refractivity contribution in [3.8, 4) is 0 Å². The normalized spacial score (nSPS) is 58.7. The molecular formula is C23H38. The van der Waals surface area contributed by atoms with E-state index < -0.39 is 0 Å². The van der Waals surface area contributed by atoms with Crippen LogP contribution in [0, 0.1) is 52.8 Å². The van der Waals surface area contributed by atoms with Crippen molar-refractivity contribution >= 4 is 0 Å². The number of hydrogen-bond acceptors (Lipinski definition) is 0. The second-order valence-electron chi connectivity index (χ2n) is 10.7. The summed E-state index contributed by atoms with van der Waals surface area (Å²) in [5.74, 6) is 8.89. The molecule has 0 heteroatoms. The molecule has 0 nitrogen and oxygen atoms in total. The molecule has 0 aliphatic heterocycles. The second-order valence-corrected chi connectivity index (χ2v) is 10.7. The zero-order valence-corrected chi connectivity index (χ0v) is 15.6. The molecule has 0 aromatic heterocycles. The van der Waals surface area contributed by atoms with E-state index in [1.54, 1.807) is 77.0 Å². The Bertz CT molecular complexity index is 425. The lowest BCUT2D eigenvalue weighted by Crippen LogP contribution is -2.42. The Morgan fingerprint density at radius 1 is 0.609 bits per heavy atom. The molecule has 0 aromatic carbocycles. The average Bonchev–Trinajstić information content (AvgIpc) is 3.07. The van der Waals surface area contributed by atoms with Crippen LogP contribution in [0.2, 0.25) is 0 Å². The Kier molecular flexibility index (Phi) is 3.65. The van der Waals surface area contributed by atoms with Gasteiger partial charge in [-0.25, -0.2) is 0 Å². The first-order valence-corrected chi connectivity index (χ1v) is 11.2. The van der Waals surface area contributed by atoms with Crippen molar-refractivity contribution in [2.75, 3.05) is 0 Å². The standard InChI is InChI=1S/C23H38/c1-15-7-9-18-19-10-8-16(2)14-22(19)23(21(18)13-15)12-11-17-5-3-4-6-20(17)23/h15-22H,3-14H2,1-2H3. The zero-order valence-electron chi connectivity index (χ0n) is 15.6. The van der Waals surface area contributed by atoms with Gasteiger partial charge in [-0.15, -0.1) is 0 Å². The van der Waals surface area contributed by atoms with Crippen LogP contribution in [0.1, 0.15) is 90.9 Å². The number of rotatable bonds is 0. The highest BCUT2D eigenvalue weighted by molar-refractivity contribution is 5.14. The Hall–Kier alpha value is 0. The van der Waals surface area contributed by atoms with Crippen LogP contribution >= 0.6 is 0 Å². The fourth-order valence-corrected chi connectivity index (χ4v) is 9.15. The van der Waals surface area contributed by atoms with Gasteiger partial charge in [-0.3, -0.25) is 0 Å². The van der Waals surface area contributed by atoms with E-state index in [-0.39, 0.29) is 0 Å². The molecule has 5 aliphatic rings. The molecule has 5 fully saturated rings. The topological polar surface area (TPSA) is 0 Å².